The van der Waals surface area contributed by atoms with Crippen LogP contribution in [-0.4, -0.2) is 22.7 Å². The zero-order chi connectivity index (χ0) is 15.2. The minimum absolute atomic E-state index is 0.170. The molecule has 0 spiro atoms. The van der Waals surface area contributed by atoms with Crippen LogP contribution < -0.4 is 10.1 Å². The van der Waals surface area contributed by atoms with Gasteiger partial charge in [0, 0.05) is 24.5 Å². The zero-order valence-corrected chi connectivity index (χ0v) is 12.1. The smallest absolute Gasteiger partial charge is 0.387 e. The van der Waals surface area contributed by atoms with Crippen LogP contribution in [0.1, 0.15) is 31.3 Å². The first-order chi connectivity index (χ1) is 10.2. The Morgan fingerprint density at radius 2 is 2.05 bits per heavy atom. The SMILES string of the molecule is CCNC(c1ccccc1OC(F)F)c1nccn1CC. The van der Waals surface area contributed by atoms with Crippen molar-refractivity contribution in [3.05, 3.63) is 48.0 Å². The van der Waals surface area contributed by atoms with Gasteiger partial charge in [-0.25, -0.2) is 4.98 Å². The van der Waals surface area contributed by atoms with Crippen molar-refractivity contribution in [3.63, 3.8) is 0 Å². The summed E-state index contributed by atoms with van der Waals surface area (Å²) < 4.78 is 31.8. The second kappa shape index (κ2) is 7.17. The number of nitrogens with zero attached hydrogens (tertiary/aromatic N) is 2. The minimum atomic E-state index is -2.85. The Kier molecular flexibility index (Phi) is 5.27. The Morgan fingerprint density at radius 3 is 2.71 bits per heavy atom. The molecule has 0 aliphatic heterocycles. The molecule has 4 nitrogen and oxygen atoms in total. The van der Waals surface area contributed by atoms with E-state index in [0.717, 1.165) is 12.4 Å². The average Bonchev–Trinajstić information content (AvgIpc) is 2.93. The van der Waals surface area contributed by atoms with Crippen LogP contribution in [0, 0.1) is 0 Å². The van der Waals surface area contributed by atoms with E-state index in [1.54, 1.807) is 30.5 Å². The van der Waals surface area contributed by atoms with Crippen molar-refractivity contribution in [2.24, 2.45) is 0 Å². The molecule has 6 heteroatoms. The summed E-state index contributed by atoms with van der Waals surface area (Å²) in [6.45, 7) is 2.57. The molecule has 0 amide bonds. The van der Waals surface area contributed by atoms with Gasteiger partial charge in [-0.15, -0.1) is 0 Å². The monoisotopic (exact) mass is 295 g/mol. The molecule has 2 rings (SSSR count). The highest BCUT2D eigenvalue weighted by Crippen LogP contribution is 2.30. The van der Waals surface area contributed by atoms with Crippen LogP contribution in [0.5, 0.6) is 5.75 Å². The number of ether oxygens (including phenoxy) is 1. The van der Waals surface area contributed by atoms with Gasteiger partial charge < -0.3 is 14.6 Å². The van der Waals surface area contributed by atoms with E-state index >= 15 is 0 Å². The molecule has 1 aromatic heterocycles. The highest BCUT2D eigenvalue weighted by atomic mass is 19.3. The Balaban J connectivity index is 2.43. The summed E-state index contributed by atoms with van der Waals surface area (Å²) >= 11 is 0. The van der Waals surface area contributed by atoms with E-state index in [9.17, 15) is 8.78 Å². The summed E-state index contributed by atoms with van der Waals surface area (Å²) in [4.78, 5) is 4.36. The molecular weight excluding hydrogens is 276 g/mol. The third kappa shape index (κ3) is 3.58. The first kappa shape index (κ1) is 15.4. The van der Waals surface area contributed by atoms with Gasteiger partial charge in [0.15, 0.2) is 0 Å². The number of para-hydroxylation sites is 1. The second-order valence-electron chi connectivity index (χ2n) is 4.48. The molecule has 0 aliphatic carbocycles. The lowest BCUT2D eigenvalue weighted by molar-refractivity contribution is -0.0506. The molecule has 1 atom stereocenters. The van der Waals surface area contributed by atoms with E-state index in [4.69, 9.17) is 0 Å². The van der Waals surface area contributed by atoms with Crippen molar-refractivity contribution < 1.29 is 13.5 Å². The fraction of sp³-hybridized carbons (Fsp3) is 0.400. The maximum Gasteiger partial charge on any atom is 0.387 e. The summed E-state index contributed by atoms with van der Waals surface area (Å²) in [5.74, 6) is 0.953. The maximum absolute atomic E-state index is 12.6. The van der Waals surface area contributed by atoms with Crippen LogP contribution in [0.4, 0.5) is 8.78 Å². The predicted molar refractivity (Wildman–Crippen MR) is 76.5 cm³/mol. The molecular formula is C15H19F2N3O. The molecule has 1 unspecified atom stereocenters. The van der Waals surface area contributed by atoms with E-state index in [1.165, 1.54) is 0 Å². The lowest BCUT2D eigenvalue weighted by Gasteiger charge is -2.21. The van der Waals surface area contributed by atoms with Crippen LogP contribution in [0.2, 0.25) is 0 Å². The van der Waals surface area contributed by atoms with Gasteiger partial charge in [0.2, 0.25) is 0 Å². The molecule has 0 bridgehead atoms. The average molecular weight is 295 g/mol. The van der Waals surface area contributed by atoms with Crippen molar-refractivity contribution in [1.82, 2.24) is 14.9 Å². The molecule has 2 aromatic rings. The number of aromatic nitrogens is 2. The van der Waals surface area contributed by atoms with E-state index in [1.807, 2.05) is 24.6 Å². The van der Waals surface area contributed by atoms with Gasteiger partial charge >= 0.3 is 6.61 Å². The normalized spacial score (nSPS) is 12.6. The number of imidazole rings is 1. The number of hydrogen-bond acceptors (Lipinski definition) is 3. The second-order valence-corrected chi connectivity index (χ2v) is 4.48. The highest BCUT2D eigenvalue weighted by Gasteiger charge is 2.22. The van der Waals surface area contributed by atoms with Crippen LogP contribution >= 0.6 is 0 Å². The summed E-state index contributed by atoms with van der Waals surface area (Å²) in [5, 5.41) is 3.28. The molecule has 0 saturated heterocycles. The van der Waals surface area contributed by atoms with Gasteiger partial charge in [0.1, 0.15) is 11.6 Å². The molecule has 0 fully saturated rings. The van der Waals surface area contributed by atoms with Crippen molar-refractivity contribution in [2.75, 3.05) is 6.54 Å². The summed E-state index contributed by atoms with van der Waals surface area (Å²) in [7, 11) is 0. The Hall–Kier alpha value is -1.95. The zero-order valence-electron chi connectivity index (χ0n) is 12.1. The van der Waals surface area contributed by atoms with E-state index in [-0.39, 0.29) is 11.8 Å². The molecule has 114 valence electrons. The molecule has 0 aliphatic rings. The number of halogens is 2. The van der Waals surface area contributed by atoms with Crippen molar-refractivity contribution in [1.29, 1.82) is 0 Å². The van der Waals surface area contributed by atoms with Gasteiger partial charge in [-0.05, 0) is 19.5 Å². The number of benzene rings is 1. The third-order valence-electron chi connectivity index (χ3n) is 3.20. The van der Waals surface area contributed by atoms with Crippen molar-refractivity contribution in [3.8, 4) is 5.75 Å². The van der Waals surface area contributed by atoms with Gasteiger partial charge in [-0.1, -0.05) is 25.1 Å². The Bertz CT molecular complexity index is 572. The van der Waals surface area contributed by atoms with E-state index in [2.05, 4.69) is 15.0 Å². The lowest BCUT2D eigenvalue weighted by Crippen LogP contribution is -2.26. The lowest BCUT2D eigenvalue weighted by atomic mass is 10.0. The molecule has 1 heterocycles. The number of rotatable bonds is 7. The first-order valence-electron chi connectivity index (χ1n) is 6.95. The predicted octanol–water partition coefficient (Wildman–Crippen LogP) is 3.20. The highest BCUT2D eigenvalue weighted by molar-refractivity contribution is 5.39. The van der Waals surface area contributed by atoms with Gasteiger partial charge in [-0.3, -0.25) is 0 Å². The third-order valence-corrected chi connectivity index (χ3v) is 3.20. The van der Waals surface area contributed by atoms with Crippen LogP contribution in [-0.2, 0) is 6.54 Å². The quantitative estimate of drug-likeness (QED) is 0.852. The number of nitrogens with one attached hydrogen (secondary N) is 1. The van der Waals surface area contributed by atoms with Crippen molar-refractivity contribution >= 4 is 0 Å². The summed E-state index contributed by atoms with van der Waals surface area (Å²) in [5.41, 5.74) is 0.653. The van der Waals surface area contributed by atoms with E-state index < -0.39 is 6.61 Å². The molecule has 1 aromatic carbocycles. The van der Waals surface area contributed by atoms with E-state index in [0.29, 0.717) is 12.1 Å². The number of hydrogen-bond donors (Lipinski definition) is 1. The standard InChI is InChI=1S/C15H19F2N3O/c1-3-18-13(14-19-9-10-20(14)4-2)11-7-5-6-8-12(11)21-15(16)17/h5-10,13,15,18H,3-4H2,1-2H3. The fourth-order valence-corrected chi connectivity index (χ4v) is 2.32. The molecule has 0 saturated carbocycles. The molecule has 21 heavy (non-hydrogen) atoms. The number of aryl methyl sites for hydroxylation is 1. The molecule has 0 radical (unpaired) electrons. The Labute approximate surface area is 122 Å². The fourth-order valence-electron chi connectivity index (χ4n) is 2.32. The number of alkyl halides is 2. The summed E-state index contributed by atoms with van der Waals surface area (Å²) in [6, 6.07) is 6.51. The maximum atomic E-state index is 12.6. The largest absolute Gasteiger partial charge is 0.434 e. The molecule has 1 N–H and O–H groups in total. The Morgan fingerprint density at radius 1 is 1.29 bits per heavy atom. The van der Waals surface area contributed by atoms with Crippen LogP contribution in [0.3, 0.4) is 0 Å². The van der Waals surface area contributed by atoms with Crippen molar-refractivity contribution in [2.45, 2.75) is 33.0 Å². The van der Waals surface area contributed by atoms with Crippen LogP contribution in [0.25, 0.3) is 0 Å². The van der Waals surface area contributed by atoms with Gasteiger partial charge in [0.05, 0.1) is 6.04 Å². The summed E-state index contributed by atoms with van der Waals surface area (Å²) in [6.07, 6.45) is 3.58. The van der Waals surface area contributed by atoms with Crippen LogP contribution in [0.15, 0.2) is 36.7 Å². The van der Waals surface area contributed by atoms with Gasteiger partial charge in [0.25, 0.3) is 0 Å². The first-order valence-corrected chi connectivity index (χ1v) is 6.95. The van der Waals surface area contributed by atoms with Gasteiger partial charge in [-0.2, -0.15) is 8.78 Å². The minimum Gasteiger partial charge on any atom is -0.434 e. The topological polar surface area (TPSA) is 39.1 Å².